The Morgan fingerprint density at radius 2 is 2.17 bits per heavy atom. The number of ether oxygens (including phenoxy) is 2. The molecular weight excluding hydrogens is 302 g/mol. The van der Waals surface area contributed by atoms with Gasteiger partial charge in [0.25, 0.3) is 5.88 Å². The van der Waals surface area contributed by atoms with Crippen molar-refractivity contribution < 1.29 is 9.47 Å². The first-order valence-electron chi connectivity index (χ1n) is 8.87. The van der Waals surface area contributed by atoms with Gasteiger partial charge in [0.2, 0.25) is 0 Å². The average Bonchev–Trinajstić information content (AvgIpc) is 2.64. The lowest BCUT2D eigenvalue weighted by molar-refractivity contribution is 0.0569. The van der Waals surface area contributed by atoms with E-state index in [4.69, 9.17) is 15.2 Å². The number of piperidine rings is 1. The van der Waals surface area contributed by atoms with Crippen LogP contribution < -0.4 is 15.2 Å². The fraction of sp³-hybridized carbons (Fsp3) is 0.526. The number of nitrogens with two attached hydrogens (primary N) is 1. The number of likely N-dealkylation sites (tertiary alicyclic amines) is 1. The molecule has 0 radical (unpaired) electrons. The van der Waals surface area contributed by atoms with Crippen LogP contribution in [0.5, 0.6) is 11.6 Å². The van der Waals surface area contributed by atoms with Crippen LogP contribution in [0.4, 0.5) is 0 Å². The summed E-state index contributed by atoms with van der Waals surface area (Å²) in [4.78, 5) is 6.76. The van der Waals surface area contributed by atoms with E-state index in [2.05, 4.69) is 28.1 Å². The third-order valence-electron chi connectivity index (χ3n) is 5.13. The van der Waals surface area contributed by atoms with Gasteiger partial charge in [-0.1, -0.05) is 18.2 Å². The third-order valence-corrected chi connectivity index (χ3v) is 5.13. The average molecular weight is 327 g/mol. The zero-order valence-corrected chi connectivity index (χ0v) is 13.9. The van der Waals surface area contributed by atoms with Gasteiger partial charge in [-0.2, -0.15) is 0 Å². The molecule has 1 saturated heterocycles. The van der Waals surface area contributed by atoms with Crippen molar-refractivity contribution in [2.75, 3.05) is 26.2 Å². The van der Waals surface area contributed by atoms with E-state index in [1.807, 2.05) is 12.1 Å². The smallest absolute Gasteiger partial charge is 0.257 e. The molecule has 24 heavy (non-hydrogen) atoms. The number of allylic oxidation sites excluding steroid dienone is 1. The summed E-state index contributed by atoms with van der Waals surface area (Å²) < 4.78 is 11.8. The fourth-order valence-corrected chi connectivity index (χ4v) is 3.58. The number of nitrogens with zero attached hydrogens (tertiary/aromatic N) is 2. The van der Waals surface area contributed by atoms with Crippen molar-refractivity contribution in [2.24, 2.45) is 11.7 Å². The summed E-state index contributed by atoms with van der Waals surface area (Å²) in [5.74, 6) is 1.70. The normalized spacial score (nSPS) is 27.8. The minimum absolute atomic E-state index is 0.0365. The summed E-state index contributed by atoms with van der Waals surface area (Å²) in [5, 5.41) is 0. The summed E-state index contributed by atoms with van der Waals surface area (Å²) in [5.41, 5.74) is 7.38. The number of fused-ring (bicyclic) bond motifs is 1. The summed E-state index contributed by atoms with van der Waals surface area (Å²) in [6.45, 7) is 3.83. The van der Waals surface area contributed by atoms with E-state index in [1.54, 1.807) is 6.20 Å². The Kier molecular flexibility index (Phi) is 4.54. The van der Waals surface area contributed by atoms with Crippen molar-refractivity contribution in [3.63, 3.8) is 0 Å². The minimum Gasteiger partial charge on any atom is -0.484 e. The second-order valence-electron chi connectivity index (χ2n) is 6.93. The van der Waals surface area contributed by atoms with Crippen LogP contribution in [0, 0.1) is 5.92 Å². The number of aromatic nitrogens is 1. The van der Waals surface area contributed by atoms with Gasteiger partial charge in [-0.25, -0.2) is 4.98 Å². The molecule has 0 amide bonds. The van der Waals surface area contributed by atoms with Crippen LogP contribution >= 0.6 is 0 Å². The quantitative estimate of drug-likeness (QED) is 0.922. The zero-order chi connectivity index (χ0) is 16.4. The van der Waals surface area contributed by atoms with Crippen LogP contribution in [0.3, 0.4) is 0 Å². The van der Waals surface area contributed by atoms with E-state index in [0.717, 1.165) is 44.6 Å². The number of rotatable bonds is 3. The van der Waals surface area contributed by atoms with Gasteiger partial charge in [0, 0.05) is 24.7 Å². The van der Waals surface area contributed by atoms with Crippen molar-refractivity contribution in [2.45, 2.75) is 31.4 Å². The summed E-state index contributed by atoms with van der Waals surface area (Å²) in [6, 6.07) is 4.16. The largest absolute Gasteiger partial charge is 0.484 e. The van der Waals surface area contributed by atoms with Crippen LogP contribution in [-0.2, 0) is 0 Å². The Balaban J connectivity index is 1.31. The van der Waals surface area contributed by atoms with Gasteiger partial charge in [0.1, 0.15) is 12.7 Å². The molecule has 0 bridgehead atoms. The molecule has 1 aliphatic carbocycles. The molecule has 2 atom stereocenters. The minimum atomic E-state index is 0.0365. The predicted octanol–water partition coefficient (Wildman–Crippen LogP) is 2.15. The molecule has 0 spiro atoms. The molecule has 0 aromatic carbocycles. The molecular formula is C19H25N3O2. The van der Waals surface area contributed by atoms with Crippen molar-refractivity contribution in [1.82, 2.24) is 9.88 Å². The van der Waals surface area contributed by atoms with Crippen LogP contribution in [0.1, 0.15) is 19.3 Å². The second kappa shape index (κ2) is 6.95. The van der Waals surface area contributed by atoms with Crippen LogP contribution in [0.2, 0.25) is 0 Å². The Morgan fingerprint density at radius 3 is 2.96 bits per heavy atom. The highest BCUT2D eigenvalue weighted by Gasteiger charge is 2.29. The summed E-state index contributed by atoms with van der Waals surface area (Å²) in [7, 11) is 0. The molecule has 3 aliphatic rings. The van der Waals surface area contributed by atoms with Crippen molar-refractivity contribution in [1.29, 1.82) is 0 Å². The fourth-order valence-electron chi connectivity index (χ4n) is 3.58. The molecule has 4 rings (SSSR count). The Labute approximate surface area is 143 Å². The monoisotopic (exact) mass is 327 g/mol. The third kappa shape index (κ3) is 3.47. The standard InChI is InChI=1S/C19H25N3O2/c20-16-7-10-22(11-8-16)12-14-3-5-15(6-4-14)18-13-23-17-2-1-9-21-19(17)24-18/h1-5,9,15-16,18H,6-8,10-13,20H2/t15?,18-/m1/s1. The number of hydrogen-bond donors (Lipinski definition) is 1. The van der Waals surface area contributed by atoms with E-state index in [1.165, 1.54) is 5.57 Å². The predicted molar refractivity (Wildman–Crippen MR) is 93.1 cm³/mol. The van der Waals surface area contributed by atoms with E-state index in [-0.39, 0.29) is 6.10 Å². The Bertz CT molecular complexity index is 635. The molecule has 128 valence electrons. The maximum Gasteiger partial charge on any atom is 0.257 e. The van der Waals surface area contributed by atoms with Gasteiger partial charge in [-0.3, -0.25) is 4.90 Å². The van der Waals surface area contributed by atoms with E-state index < -0.39 is 0 Å². The molecule has 0 saturated carbocycles. The maximum atomic E-state index is 6.03. The van der Waals surface area contributed by atoms with Gasteiger partial charge >= 0.3 is 0 Å². The lowest BCUT2D eigenvalue weighted by atomic mass is 9.91. The Hall–Kier alpha value is -1.85. The highest BCUT2D eigenvalue weighted by atomic mass is 16.6. The van der Waals surface area contributed by atoms with Crippen molar-refractivity contribution in [3.05, 3.63) is 42.1 Å². The van der Waals surface area contributed by atoms with Crippen molar-refractivity contribution >= 4 is 0 Å². The highest BCUT2D eigenvalue weighted by molar-refractivity contribution is 5.34. The molecule has 5 nitrogen and oxygen atoms in total. The molecule has 3 heterocycles. The van der Waals surface area contributed by atoms with Gasteiger partial charge in [-0.15, -0.1) is 0 Å². The molecule has 1 unspecified atom stereocenters. The van der Waals surface area contributed by atoms with Gasteiger partial charge in [-0.05, 0) is 50.1 Å². The lowest BCUT2D eigenvalue weighted by Crippen LogP contribution is -2.40. The number of hydrogen-bond acceptors (Lipinski definition) is 5. The maximum absolute atomic E-state index is 6.03. The van der Waals surface area contributed by atoms with Gasteiger partial charge in [0.15, 0.2) is 5.75 Å². The molecule has 2 aliphatic heterocycles. The van der Waals surface area contributed by atoms with Crippen molar-refractivity contribution in [3.8, 4) is 11.6 Å². The zero-order valence-electron chi connectivity index (χ0n) is 13.9. The first kappa shape index (κ1) is 15.7. The molecule has 2 N–H and O–H groups in total. The van der Waals surface area contributed by atoms with Crippen LogP contribution in [0.25, 0.3) is 0 Å². The molecule has 1 fully saturated rings. The highest BCUT2D eigenvalue weighted by Crippen LogP contribution is 2.32. The van der Waals surface area contributed by atoms with Crippen LogP contribution in [0.15, 0.2) is 42.1 Å². The molecule has 1 aromatic heterocycles. The van der Waals surface area contributed by atoms with E-state index >= 15 is 0 Å². The molecule has 5 heteroatoms. The number of pyridine rings is 1. The van der Waals surface area contributed by atoms with E-state index in [0.29, 0.717) is 24.4 Å². The molecule has 1 aromatic rings. The van der Waals surface area contributed by atoms with Gasteiger partial charge in [0.05, 0.1) is 0 Å². The van der Waals surface area contributed by atoms with Crippen LogP contribution in [-0.4, -0.2) is 48.3 Å². The van der Waals surface area contributed by atoms with E-state index in [9.17, 15) is 0 Å². The topological polar surface area (TPSA) is 60.6 Å². The first-order chi connectivity index (χ1) is 11.8. The summed E-state index contributed by atoms with van der Waals surface area (Å²) in [6.07, 6.45) is 11.9. The summed E-state index contributed by atoms with van der Waals surface area (Å²) >= 11 is 0. The SMILES string of the molecule is NC1CCN(CC2=CCC([C@H]3COc4cccnc4O3)C=C2)CC1. The first-order valence-corrected chi connectivity index (χ1v) is 8.87. The lowest BCUT2D eigenvalue weighted by Gasteiger charge is -2.32. The second-order valence-corrected chi connectivity index (χ2v) is 6.93. The Morgan fingerprint density at radius 1 is 1.29 bits per heavy atom. The van der Waals surface area contributed by atoms with Gasteiger partial charge < -0.3 is 15.2 Å².